The second-order valence-electron chi connectivity index (χ2n) is 6.06. The van der Waals surface area contributed by atoms with Crippen molar-refractivity contribution in [1.29, 1.82) is 0 Å². The van der Waals surface area contributed by atoms with Gasteiger partial charge < -0.3 is 23.7 Å². The molecule has 0 aromatic rings. The van der Waals surface area contributed by atoms with E-state index in [0.717, 1.165) is 27.7 Å². The van der Waals surface area contributed by atoms with Gasteiger partial charge in [-0.1, -0.05) is 0 Å². The van der Waals surface area contributed by atoms with Crippen LogP contribution in [-0.2, 0) is 57.2 Å². The molecule has 12 nitrogen and oxygen atoms in total. The van der Waals surface area contributed by atoms with Gasteiger partial charge in [0.25, 0.3) is 0 Å². The quantitative estimate of drug-likeness (QED) is 0.207. The van der Waals surface area contributed by atoms with Crippen LogP contribution in [0.3, 0.4) is 0 Å². The lowest BCUT2D eigenvalue weighted by atomic mass is 9.98. The zero-order valence-electron chi connectivity index (χ0n) is 16.5. The van der Waals surface area contributed by atoms with Gasteiger partial charge in [0.05, 0.1) is 0 Å². The normalized spacial score (nSPS) is 26.5. The molecule has 0 aromatic carbocycles. The zero-order chi connectivity index (χ0) is 24.1. The second-order valence-corrected chi connectivity index (χ2v) is 7.63. The molecular weight excluding hydrogens is 461 g/mol. The first-order valence-corrected chi connectivity index (χ1v) is 9.76. The van der Waals surface area contributed by atoms with Crippen LogP contribution in [0.5, 0.6) is 0 Å². The predicted octanol–water partition coefficient (Wildman–Crippen LogP) is -0.0643. The summed E-state index contributed by atoms with van der Waals surface area (Å²) in [5.74, 6) is -4.16. The molecule has 0 spiro atoms. The van der Waals surface area contributed by atoms with Crippen molar-refractivity contribution < 1.29 is 68.6 Å². The Kier molecular flexibility index (Phi) is 8.77. The Bertz CT molecular complexity index is 809. The van der Waals surface area contributed by atoms with Gasteiger partial charge in [0.2, 0.25) is 6.29 Å². The molecule has 5 atom stereocenters. The molecular formula is C15H19F3O12S. The van der Waals surface area contributed by atoms with E-state index in [1.54, 1.807) is 0 Å². The molecule has 0 bridgehead atoms. The minimum atomic E-state index is -6.32. The predicted molar refractivity (Wildman–Crippen MR) is 88.0 cm³/mol. The van der Waals surface area contributed by atoms with Gasteiger partial charge in [0.15, 0.2) is 18.3 Å². The molecule has 0 N–H and O–H groups in total. The Morgan fingerprint density at radius 1 is 0.806 bits per heavy atom. The summed E-state index contributed by atoms with van der Waals surface area (Å²) >= 11 is 0. The summed E-state index contributed by atoms with van der Waals surface area (Å²) in [4.78, 5) is 45.5. The van der Waals surface area contributed by atoms with Crippen molar-refractivity contribution in [3.8, 4) is 0 Å². The number of hydrogen-bond donors (Lipinski definition) is 0. The topological polar surface area (TPSA) is 158 Å². The monoisotopic (exact) mass is 480 g/mol. The van der Waals surface area contributed by atoms with Gasteiger partial charge in [-0.3, -0.25) is 19.2 Å². The first-order valence-electron chi connectivity index (χ1n) is 8.35. The minimum Gasteiger partial charge on any atom is -0.463 e. The van der Waals surface area contributed by atoms with E-state index in [9.17, 15) is 40.8 Å². The van der Waals surface area contributed by atoms with E-state index in [2.05, 4.69) is 8.92 Å². The summed E-state index contributed by atoms with van der Waals surface area (Å²) in [5, 5.41) is 0. The largest absolute Gasteiger partial charge is 0.523 e. The van der Waals surface area contributed by atoms with E-state index in [1.807, 2.05) is 0 Å². The number of esters is 4. The molecule has 1 heterocycles. The third kappa shape index (κ3) is 7.62. The van der Waals surface area contributed by atoms with E-state index in [0.29, 0.717) is 0 Å². The van der Waals surface area contributed by atoms with Gasteiger partial charge >= 0.3 is 39.5 Å². The summed E-state index contributed by atoms with van der Waals surface area (Å²) in [6, 6.07) is 0. The van der Waals surface area contributed by atoms with Crippen LogP contribution in [0.2, 0.25) is 0 Å². The summed E-state index contributed by atoms with van der Waals surface area (Å²) in [6.07, 6.45) is -10.0. The highest BCUT2D eigenvalue weighted by Gasteiger charge is 2.58. The fourth-order valence-corrected chi connectivity index (χ4v) is 3.04. The molecule has 1 saturated heterocycles. The molecule has 1 fully saturated rings. The average Bonchev–Trinajstić information content (AvgIpc) is 2.56. The maximum absolute atomic E-state index is 12.8. The van der Waals surface area contributed by atoms with Crippen LogP contribution in [0.25, 0.3) is 0 Å². The van der Waals surface area contributed by atoms with Gasteiger partial charge in [-0.25, -0.2) is 4.18 Å². The van der Waals surface area contributed by atoms with E-state index in [-0.39, 0.29) is 0 Å². The molecule has 0 unspecified atom stereocenters. The van der Waals surface area contributed by atoms with Crippen molar-refractivity contribution in [1.82, 2.24) is 0 Å². The van der Waals surface area contributed by atoms with E-state index in [4.69, 9.17) is 18.9 Å². The zero-order valence-corrected chi connectivity index (χ0v) is 17.4. The van der Waals surface area contributed by atoms with Crippen molar-refractivity contribution in [3.05, 3.63) is 0 Å². The molecule has 0 aliphatic carbocycles. The van der Waals surface area contributed by atoms with Crippen LogP contribution < -0.4 is 0 Å². The van der Waals surface area contributed by atoms with Crippen molar-refractivity contribution in [2.24, 2.45) is 0 Å². The number of alkyl halides is 3. The average molecular weight is 480 g/mol. The van der Waals surface area contributed by atoms with Crippen LogP contribution in [0.1, 0.15) is 27.7 Å². The fourth-order valence-electron chi connectivity index (χ4n) is 2.43. The molecule has 31 heavy (non-hydrogen) atoms. The van der Waals surface area contributed by atoms with Crippen LogP contribution in [0.15, 0.2) is 0 Å². The molecule has 1 aliphatic heterocycles. The number of carbonyl (C=O) groups is 4. The highest BCUT2D eigenvalue weighted by atomic mass is 32.2. The molecule has 0 saturated carbocycles. The van der Waals surface area contributed by atoms with Gasteiger partial charge in [-0.05, 0) is 0 Å². The van der Waals surface area contributed by atoms with E-state index in [1.165, 1.54) is 0 Å². The minimum absolute atomic E-state index is 0.693. The first kappa shape index (κ1) is 26.6. The number of hydrogen-bond acceptors (Lipinski definition) is 12. The number of halogens is 3. The van der Waals surface area contributed by atoms with Crippen LogP contribution in [0, 0.1) is 0 Å². The van der Waals surface area contributed by atoms with Crippen LogP contribution >= 0.6 is 0 Å². The van der Waals surface area contributed by atoms with Gasteiger partial charge in [-0.2, -0.15) is 21.6 Å². The molecule has 16 heteroatoms. The Hall–Kier alpha value is -2.46. The molecule has 0 radical (unpaired) electrons. The maximum atomic E-state index is 12.8. The summed E-state index contributed by atoms with van der Waals surface area (Å²) in [6.45, 7) is 2.82. The Morgan fingerprint density at radius 2 is 1.29 bits per heavy atom. The molecule has 1 aliphatic rings. The Labute approximate surface area is 174 Å². The standard InChI is InChI=1S/C15H19F3O12S/c1-6(19)25-5-10-11(26-7(2)20)12(27-8(3)21)13(14(29-10)28-9(4)22)30-31(23,24)15(16,17)18/h10-14H,5H2,1-4H3/t10-,11-,12+,13+,14-/m1/s1. The van der Waals surface area contributed by atoms with Crippen molar-refractivity contribution in [3.63, 3.8) is 0 Å². The SMILES string of the molecule is CC(=O)OC[C@H]1O[C@@H](OC(C)=O)[C@@H](OS(=O)(=O)C(F)(F)F)[C@@H](OC(C)=O)[C@@H]1OC(C)=O. The maximum Gasteiger partial charge on any atom is 0.523 e. The number of rotatable bonds is 7. The van der Waals surface area contributed by atoms with E-state index < -0.39 is 76.8 Å². The lowest BCUT2D eigenvalue weighted by molar-refractivity contribution is -0.292. The second kappa shape index (κ2) is 10.2. The van der Waals surface area contributed by atoms with Crippen molar-refractivity contribution >= 4 is 34.0 Å². The highest BCUT2D eigenvalue weighted by Crippen LogP contribution is 2.34. The summed E-state index contributed by atoms with van der Waals surface area (Å²) < 4.78 is 90.1. The van der Waals surface area contributed by atoms with Crippen molar-refractivity contribution in [2.75, 3.05) is 6.61 Å². The number of ether oxygens (including phenoxy) is 5. The highest BCUT2D eigenvalue weighted by molar-refractivity contribution is 7.87. The molecule has 178 valence electrons. The molecule has 1 rings (SSSR count). The first-order chi connectivity index (χ1) is 14.0. The van der Waals surface area contributed by atoms with Gasteiger partial charge in [-0.15, -0.1) is 0 Å². The van der Waals surface area contributed by atoms with Gasteiger partial charge in [0.1, 0.15) is 12.7 Å². The smallest absolute Gasteiger partial charge is 0.463 e. The fraction of sp³-hybridized carbons (Fsp3) is 0.733. The molecule has 0 amide bonds. The Balaban J connectivity index is 3.50. The van der Waals surface area contributed by atoms with E-state index >= 15 is 0 Å². The lowest BCUT2D eigenvalue weighted by Gasteiger charge is -2.43. The summed E-state index contributed by atoms with van der Waals surface area (Å²) in [5.41, 5.74) is -5.90. The summed E-state index contributed by atoms with van der Waals surface area (Å²) in [7, 11) is -6.32. The lowest BCUT2D eigenvalue weighted by Crippen LogP contribution is -2.63. The number of carbonyl (C=O) groups excluding carboxylic acids is 4. The van der Waals surface area contributed by atoms with Crippen LogP contribution in [-0.4, -0.2) is 75.1 Å². The van der Waals surface area contributed by atoms with Crippen LogP contribution in [0.4, 0.5) is 13.2 Å². The Morgan fingerprint density at radius 3 is 1.71 bits per heavy atom. The third-order valence-corrected chi connectivity index (χ3v) is 4.49. The molecule has 0 aromatic heterocycles. The van der Waals surface area contributed by atoms with Gasteiger partial charge in [0, 0.05) is 27.7 Å². The third-order valence-electron chi connectivity index (χ3n) is 3.45. The van der Waals surface area contributed by atoms with Crippen molar-refractivity contribution in [2.45, 2.75) is 63.9 Å².